The Labute approximate surface area is 183 Å². The number of hydrogen-bond acceptors (Lipinski definition) is 6. The molecule has 0 aliphatic carbocycles. The van der Waals surface area contributed by atoms with E-state index in [4.69, 9.17) is 11.6 Å². The molecule has 1 atom stereocenters. The van der Waals surface area contributed by atoms with Crippen molar-refractivity contribution in [1.29, 1.82) is 0 Å². The summed E-state index contributed by atoms with van der Waals surface area (Å²) in [6.45, 7) is 7.18. The number of rotatable bonds is 6. The number of hydrogen-bond donors (Lipinski definition) is 2. The van der Waals surface area contributed by atoms with Crippen LogP contribution in [0.25, 0.3) is 0 Å². The first-order valence-corrected chi connectivity index (χ1v) is 12.3. The number of sulfonamides is 1. The Morgan fingerprint density at radius 2 is 2.10 bits per heavy atom. The van der Waals surface area contributed by atoms with E-state index >= 15 is 0 Å². The molecule has 30 heavy (non-hydrogen) atoms. The van der Waals surface area contributed by atoms with Gasteiger partial charge in [0.25, 0.3) is 10.0 Å². The molecular weight excluding hydrogens is 454 g/mol. The molecule has 4 rings (SSSR count). The predicted molar refractivity (Wildman–Crippen MR) is 115 cm³/mol. The molecular formula is C19H23ClF2N4O2S2. The van der Waals surface area contributed by atoms with E-state index in [0.29, 0.717) is 23.6 Å². The van der Waals surface area contributed by atoms with Crippen LogP contribution >= 0.6 is 22.9 Å². The van der Waals surface area contributed by atoms with Gasteiger partial charge in [-0.05, 0) is 43.4 Å². The standard InChI is InChI=1S/C19H23ClF2N4O2S2/c1-18(2)9-19(4-3-5-26(19)11-18)10-24-14-7-13(21)15(6-12(14)20)30(27,28)25-17-23-8-16(22)29-17/h6-8,24H,3-5,9-11H2,1-2H3,(H,23,25). The summed E-state index contributed by atoms with van der Waals surface area (Å²) in [4.78, 5) is 5.46. The Bertz CT molecular complexity index is 1080. The van der Waals surface area contributed by atoms with Crippen LogP contribution in [-0.2, 0) is 10.0 Å². The molecule has 0 radical (unpaired) electrons. The van der Waals surface area contributed by atoms with Gasteiger partial charge in [-0.1, -0.05) is 36.8 Å². The first-order chi connectivity index (χ1) is 14.0. The number of anilines is 2. The topological polar surface area (TPSA) is 74.3 Å². The second-order valence-electron chi connectivity index (χ2n) is 8.78. The van der Waals surface area contributed by atoms with Gasteiger partial charge in [-0.15, -0.1) is 0 Å². The minimum Gasteiger partial charge on any atom is -0.382 e. The third kappa shape index (κ3) is 4.15. The lowest BCUT2D eigenvalue weighted by atomic mass is 9.82. The number of nitrogens with zero attached hydrogens (tertiary/aromatic N) is 2. The minimum absolute atomic E-state index is 0.00449. The summed E-state index contributed by atoms with van der Waals surface area (Å²) in [6, 6.07) is 2.16. The fraction of sp³-hybridized carbons (Fsp3) is 0.526. The van der Waals surface area contributed by atoms with Gasteiger partial charge in [-0.25, -0.2) is 17.8 Å². The van der Waals surface area contributed by atoms with Crippen molar-refractivity contribution in [1.82, 2.24) is 9.88 Å². The van der Waals surface area contributed by atoms with Crippen LogP contribution in [0.5, 0.6) is 0 Å². The molecule has 6 nitrogen and oxygen atoms in total. The quantitative estimate of drug-likeness (QED) is 0.639. The van der Waals surface area contributed by atoms with E-state index < -0.39 is 25.9 Å². The maximum absolute atomic E-state index is 14.7. The van der Waals surface area contributed by atoms with Crippen LogP contribution in [0.2, 0.25) is 5.02 Å². The molecule has 1 unspecified atom stereocenters. The van der Waals surface area contributed by atoms with E-state index in [9.17, 15) is 17.2 Å². The van der Waals surface area contributed by atoms with Gasteiger partial charge >= 0.3 is 0 Å². The van der Waals surface area contributed by atoms with Gasteiger partial charge in [-0.3, -0.25) is 9.62 Å². The molecule has 11 heteroatoms. The van der Waals surface area contributed by atoms with Crippen molar-refractivity contribution in [3.8, 4) is 0 Å². The molecule has 2 aliphatic rings. The lowest BCUT2D eigenvalue weighted by molar-refractivity contribution is 0.209. The molecule has 2 aliphatic heterocycles. The predicted octanol–water partition coefficient (Wildman–Crippen LogP) is 4.55. The first kappa shape index (κ1) is 21.7. The summed E-state index contributed by atoms with van der Waals surface area (Å²) in [5.41, 5.74) is 0.569. The van der Waals surface area contributed by atoms with Crippen molar-refractivity contribution in [2.75, 3.05) is 29.7 Å². The molecule has 0 saturated carbocycles. The molecule has 0 bridgehead atoms. The zero-order chi connectivity index (χ0) is 21.7. The number of benzene rings is 1. The minimum atomic E-state index is -4.30. The van der Waals surface area contributed by atoms with E-state index in [0.717, 1.165) is 50.7 Å². The van der Waals surface area contributed by atoms with E-state index in [1.54, 1.807) is 0 Å². The Morgan fingerprint density at radius 1 is 1.33 bits per heavy atom. The highest BCUT2D eigenvalue weighted by atomic mass is 35.5. The number of nitrogens with one attached hydrogen (secondary N) is 2. The van der Waals surface area contributed by atoms with Gasteiger partial charge in [0, 0.05) is 18.6 Å². The van der Waals surface area contributed by atoms with Crippen molar-refractivity contribution in [2.45, 2.75) is 43.5 Å². The molecule has 1 aromatic carbocycles. The molecule has 2 saturated heterocycles. The molecule has 1 aromatic heterocycles. The van der Waals surface area contributed by atoms with E-state index in [-0.39, 0.29) is 21.1 Å². The van der Waals surface area contributed by atoms with Crippen molar-refractivity contribution in [3.63, 3.8) is 0 Å². The lowest BCUT2D eigenvalue weighted by Crippen LogP contribution is -2.44. The highest BCUT2D eigenvalue weighted by molar-refractivity contribution is 7.93. The van der Waals surface area contributed by atoms with Gasteiger partial charge in [0.05, 0.1) is 16.9 Å². The van der Waals surface area contributed by atoms with Crippen LogP contribution in [0.1, 0.15) is 33.1 Å². The Hall–Kier alpha value is -1.49. The first-order valence-electron chi connectivity index (χ1n) is 9.62. The van der Waals surface area contributed by atoms with Crippen LogP contribution in [0.3, 0.4) is 0 Å². The largest absolute Gasteiger partial charge is 0.382 e. The van der Waals surface area contributed by atoms with E-state index in [1.165, 1.54) is 0 Å². The fourth-order valence-corrected chi connectivity index (χ4v) is 6.94. The Kier molecular flexibility index (Phi) is 5.49. The smallest absolute Gasteiger partial charge is 0.266 e. The summed E-state index contributed by atoms with van der Waals surface area (Å²) in [6.07, 6.45) is 4.10. The SMILES string of the molecule is CC1(C)CN2CCCC2(CNc2cc(F)c(S(=O)(=O)Nc3ncc(F)s3)cc2Cl)C1. The number of halogens is 3. The van der Waals surface area contributed by atoms with Crippen LogP contribution < -0.4 is 10.0 Å². The number of thiazole rings is 1. The van der Waals surface area contributed by atoms with Gasteiger partial charge in [-0.2, -0.15) is 4.39 Å². The fourth-order valence-electron chi connectivity index (χ4n) is 4.77. The maximum atomic E-state index is 14.7. The van der Waals surface area contributed by atoms with Crippen molar-refractivity contribution in [3.05, 3.63) is 34.3 Å². The summed E-state index contributed by atoms with van der Waals surface area (Å²) in [5, 5.41) is 2.50. The average Bonchev–Trinajstić information content (AvgIpc) is 3.26. The summed E-state index contributed by atoms with van der Waals surface area (Å²) in [5.74, 6) is -0.945. The molecule has 164 valence electrons. The van der Waals surface area contributed by atoms with Crippen LogP contribution in [0, 0.1) is 16.4 Å². The van der Waals surface area contributed by atoms with E-state index in [1.807, 2.05) is 0 Å². The highest BCUT2D eigenvalue weighted by Gasteiger charge is 2.51. The van der Waals surface area contributed by atoms with Gasteiger partial charge < -0.3 is 5.32 Å². The van der Waals surface area contributed by atoms with E-state index in [2.05, 4.69) is 33.8 Å². The second kappa shape index (κ2) is 7.58. The number of aromatic nitrogens is 1. The van der Waals surface area contributed by atoms with Gasteiger partial charge in [0.1, 0.15) is 10.7 Å². The maximum Gasteiger partial charge on any atom is 0.266 e. The molecule has 0 amide bonds. The zero-order valence-corrected chi connectivity index (χ0v) is 19.0. The summed E-state index contributed by atoms with van der Waals surface area (Å²) < 4.78 is 54.8. The average molecular weight is 477 g/mol. The van der Waals surface area contributed by atoms with Crippen LogP contribution in [0.4, 0.5) is 19.6 Å². The van der Waals surface area contributed by atoms with Crippen molar-refractivity contribution < 1.29 is 17.2 Å². The third-order valence-electron chi connectivity index (χ3n) is 5.79. The molecule has 2 N–H and O–H groups in total. The summed E-state index contributed by atoms with van der Waals surface area (Å²) in [7, 11) is -4.30. The van der Waals surface area contributed by atoms with Gasteiger partial charge in [0.15, 0.2) is 10.3 Å². The zero-order valence-electron chi connectivity index (χ0n) is 16.6. The normalized spacial score (nSPS) is 23.5. The number of fused-ring (bicyclic) bond motifs is 1. The molecule has 2 aromatic rings. The Balaban J connectivity index is 1.53. The monoisotopic (exact) mass is 476 g/mol. The van der Waals surface area contributed by atoms with Crippen molar-refractivity contribution in [2.24, 2.45) is 5.41 Å². The second-order valence-corrected chi connectivity index (χ2v) is 11.8. The lowest BCUT2D eigenvalue weighted by Gasteiger charge is -2.33. The van der Waals surface area contributed by atoms with Crippen LogP contribution in [-0.4, -0.2) is 43.5 Å². The molecule has 0 spiro atoms. The van der Waals surface area contributed by atoms with Gasteiger partial charge in [0.2, 0.25) is 0 Å². The summed E-state index contributed by atoms with van der Waals surface area (Å²) >= 11 is 6.80. The third-order valence-corrected chi connectivity index (χ3v) is 8.28. The highest BCUT2D eigenvalue weighted by Crippen LogP contribution is 2.47. The molecule has 3 heterocycles. The molecule has 2 fully saturated rings. The van der Waals surface area contributed by atoms with Crippen LogP contribution in [0.15, 0.2) is 23.2 Å². The Morgan fingerprint density at radius 3 is 2.80 bits per heavy atom. The van der Waals surface area contributed by atoms with Crippen molar-refractivity contribution >= 4 is 43.8 Å².